The second-order valence-corrected chi connectivity index (χ2v) is 5.14. The van der Waals surface area contributed by atoms with Crippen molar-refractivity contribution in [1.82, 2.24) is 20.3 Å². The van der Waals surface area contributed by atoms with Gasteiger partial charge >= 0.3 is 6.01 Å². The van der Waals surface area contributed by atoms with Gasteiger partial charge in [-0.25, -0.2) is 0 Å². The molecule has 0 aromatic carbocycles. The monoisotopic (exact) mass is 280 g/mol. The summed E-state index contributed by atoms with van der Waals surface area (Å²) in [5, 5.41) is 2.90. The molecule has 0 saturated heterocycles. The van der Waals surface area contributed by atoms with Crippen LogP contribution in [-0.2, 0) is 4.79 Å². The van der Waals surface area contributed by atoms with E-state index in [1.54, 1.807) is 11.9 Å². The third-order valence-electron chi connectivity index (χ3n) is 2.63. The van der Waals surface area contributed by atoms with Crippen molar-refractivity contribution < 1.29 is 9.53 Å². The van der Waals surface area contributed by atoms with E-state index in [0.717, 1.165) is 12.8 Å². The lowest BCUT2D eigenvalue weighted by Crippen LogP contribution is -2.37. The summed E-state index contributed by atoms with van der Waals surface area (Å²) in [6, 6.07) is 0.496. The number of hydrogen-bond donors (Lipinski definition) is 2. The highest BCUT2D eigenvalue weighted by Crippen LogP contribution is 2.18. The summed E-state index contributed by atoms with van der Waals surface area (Å²) in [6.45, 7) is 3.90. The smallest absolute Gasteiger partial charge is 0.323 e. The highest BCUT2D eigenvalue weighted by Gasteiger charge is 2.24. The number of carbonyl (C=O) groups is 1. The number of ether oxygens (including phenoxy) is 1. The van der Waals surface area contributed by atoms with Gasteiger partial charge in [-0.3, -0.25) is 4.79 Å². The van der Waals surface area contributed by atoms with Crippen molar-refractivity contribution in [1.29, 1.82) is 0 Å². The molecule has 0 bridgehead atoms. The molecule has 1 fully saturated rings. The summed E-state index contributed by atoms with van der Waals surface area (Å²) in [6.07, 6.45) is 2.05. The van der Waals surface area contributed by atoms with Crippen molar-refractivity contribution in [3.63, 3.8) is 0 Å². The fourth-order valence-corrected chi connectivity index (χ4v) is 1.58. The Balaban J connectivity index is 2.01. The first-order chi connectivity index (χ1) is 9.44. The molecule has 1 aliphatic rings. The maximum Gasteiger partial charge on any atom is 0.323 e. The predicted octanol–water partition coefficient (Wildman–Crippen LogP) is -0.0442. The van der Waals surface area contributed by atoms with E-state index in [1.165, 1.54) is 0 Å². The third kappa shape index (κ3) is 4.22. The zero-order chi connectivity index (χ0) is 14.7. The Bertz CT molecular complexity index is 489. The van der Waals surface area contributed by atoms with Crippen LogP contribution in [0, 0.1) is 0 Å². The minimum atomic E-state index is -0.0619. The molecule has 1 aromatic heterocycles. The number of likely N-dealkylation sites (N-methyl/N-ethyl adjacent to an activating group) is 1. The van der Waals surface area contributed by atoms with E-state index in [2.05, 4.69) is 20.3 Å². The minimum absolute atomic E-state index is 0.0553. The van der Waals surface area contributed by atoms with Gasteiger partial charge in [-0.1, -0.05) is 0 Å². The number of aromatic nitrogens is 3. The van der Waals surface area contributed by atoms with Crippen LogP contribution in [0.1, 0.15) is 26.7 Å². The Morgan fingerprint density at radius 2 is 2.15 bits per heavy atom. The molecule has 0 spiro atoms. The van der Waals surface area contributed by atoms with Crippen molar-refractivity contribution in [2.24, 2.45) is 0 Å². The Hall–Kier alpha value is -2.12. The van der Waals surface area contributed by atoms with Crippen LogP contribution in [0.15, 0.2) is 0 Å². The van der Waals surface area contributed by atoms with Crippen LogP contribution in [0.3, 0.4) is 0 Å². The fourth-order valence-electron chi connectivity index (χ4n) is 1.58. The molecule has 1 amide bonds. The van der Waals surface area contributed by atoms with Gasteiger partial charge in [0.2, 0.25) is 17.8 Å². The van der Waals surface area contributed by atoms with Crippen LogP contribution in [0.5, 0.6) is 6.01 Å². The van der Waals surface area contributed by atoms with Crippen LogP contribution in [0.2, 0.25) is 0 Å². The van der Waals surface area contributed by atoms with Gasteiger partial charge in [0.15, 0.2) is 0 Å². The molecule has 8 heteroatoms. The van der Waals surface area contributed by atoms with Crippen molar-refractivity contribution >= 4 is 17.8 Å². The van der Waals surface area contributed by atoms with E-state index >= 15 is 0 Å². The minimum Gasteiger partial charge on any atom is -0.461 e. The molecule has 8 nitrogen and oxygen atoms in total. The molecule has 0 unspecified atom stereocenters. The fraction of sp³-hybridized carbons (Fsp3) is 0.667. The standard InChI is InChI=1S/C12H20N6O2/c1-7(2)20-12-16-10(13)15-11(17-12)18(3)6-9(19)14-8-4-5-8/h7-8H,4-6H2,1-3H3,(H,14,19)(H2,13,15,16,17). The number of anilines is 2. The maximum absolute atomic E-state index is 11.7. The van der Waals surface area contributed by atoms with Crippen LogP contribution in [0.25, 0.3) is 0 Å². The normalized spacial score (nSPS) is 14.2. The van der Waals surface area contributed by atoms with Gasteiger partial charge in [-0.2, -0.15) is 15.0 Å². The summed E-state index contributed by atoms with van der Waals surface area (Å²) in [4.78, 5) is 25.4. The SMILES string of the molecule is CC(C)Oc1nc(N)nc(N(C)CC(=O)NC2CC2)n1. The first-order valence-electron chi connectivity index (χ1n) is 6.62. The van der Waals surface area contributed by atoms with Gasteiger partial charge in [-0.15, -0.1) is 0 Å². The molecular weight excluding hydrogens is 260 g/mol. The lowest BCUT2D eigenvalue weighted by atomic mass is 10.5. The van der Waals surface area contributed by atoms with Gasteiger partial charge in [0.25, 0.3) is 0 Å². The van der Waals surface area contributed by atoms with E-state index < -0.39 is 0 Å². The number of nitrogens with zero attached hydrogens (tertiary/aromatic N) is 4. The van der Waals surface area contributed by atoms with Gasteiger partial charge in [0, 0.05) is 13.1 Å². The molecule has 110 valence electrons. The molecule has 0 aliphatic heterocycles. The predicted molar refractivity (Wildman–Crippen MR) is 74.4 cm³/mol. The number of carbonyl (C=O) groups excluding carboxylic acids is 1. The van der Waals surface area contributed by atoms with Crippen molar-refractivity contribution in [3.8, 4) is 6.01 Å². The van der Waals surface area contributed by atoms with Crippen molar-refractivity contribution in [2.75, 3.05) is 24.2 Å². The molecule has 3 N–H and O–H groups in total. The number of nitrogen functional groups attached to an aromatic ring is 1. The van der Waals surface area contributed by atoms with Gasteiger partial charge < -0.3 is 20.7 Å². The summed E-state index contributed by atoms with van der Waals surface area (Å²) in [5.41, 5.74) is 5.63. The average Bonchev–Trinajstić information content (AvgIpc) is 3.10. The van der Waals surface area contributed by atoms with E-state index in [1.807, 2.05) is 13.8 Å². The number of nitrogens with one attached hydrogen (secondary N) is 1. The number of rotatable bonds is 6. The Kier molecular flexibility index (Phi) is 4.21. The van der Waals surface area contributed by atoms with Crippen LogP contribution in [-0.4, -0.2) is 46.6 Å². The maximum atomic E-state index is 11.7. The molecule has 1 heterocycles. The number of nitrogens with two attached hydrogens (primary N) is 1. The molecule has 1 aliphatic carbocycles. The first kappa shape index (κ1) is 14.3. The summed E-state index contributed by atoms with van der Waals surface area (Å²) in [7, 11) is 1.72. The second-order valence-electron chi connectivity index (χ2n) is 5.14. The van der Waals surface area contributed by atoms with Gasteiger partial charge in [0.1, 0.15) is 0 Å². The topological polar surface area (TPSA) is 106 Å². The van der Waals surface area contributed by atoms with Crippen LogP contribution in [0.4, 0.5) is 11.9 Å². The highest BCUT2D eigenvalue weighted by atomic mass is 16.5. The van der Waals surface area contributed by atoms with Crippen molar-refractivity contribution in [3.05, 3.63) is 0 Å². The largest absolute Gasteiger partial charge is 0.461 e. The Morgan fingerprint density at radius 3 is 2.75 bits per heavy atom. The van der Waals surface area contributed by atoms with E-state index in [0.29, 0.717) is 12.0 Å². The number of amides is 1. The Labute approximate surface area is 117 Å². The molecule has 0 radical (unpaired) electrons. The molecular formula is C12H20N6O2. The lowest BCUT2D eigenvalue weighted by Gasteiger charge is -2.17. The molecule has 20 heavy (non-hydrogen) atoms. The van der Waals surface area contributed by atoms with E-state index in [9.17, 15) is 4.79 Å². The Morgan fingerprint density at radius 1 is 1.45 bits per heavy atom. The number of hydrogen-bond acceptors (Lipinski definition) is 7. The molecule has 1 aromatic rings. The highest BCUT2D eigenvalue weighted by molar-refractivity contribution is 5.81. The van der Waals surface area contributed by atoms with Gasteiger partial charge in [-0.05, 0) is 26.7 Å². The van der Waals surface area contributed by atoms with Crippen LogP contribution >= 0.6 is 0 Å². The lowest BCUT2D eigenvalue weighted by molar-refractivity contribution is -0.119. The van der Waals surface area contributed by atoms with E-state index in [-0.39, 0.29) is 30.5 Å². The molecule has 1 saturated carbocycles. The summed E-state index contributed by atoms with van der Waals surface area (Å²) in [5.74, 6) is 0.333. The molecule has 0 atom stereocenters. The van der Waals surface area contributed by atoms with Crippen molar-refractivity contribution in [2.45, 2.75) is 38.8 Å². The average molecular weight is 280 g/mol. The third-order valence-corrected chi connectivity index (χ3v) is 2.63. The van der Waals surface area contributed by atoms with E-state index in [4.69, 9.17) is 10.5 Å². The van der Waals surface area contributed by atoms with Gasteiger partial charge in [0.05, 0.1) is 12.6 Å². The van der Waals surface area contributed by atoms with Crippen LogP contribution < -0.4 is 20.7 Å². The zero-order valence-electron chi connectivity index (χ0n) is 12.0. The zero-order valence-corrected chi connectivity index (χ0v) is 12.0. The quantitative estimate of drug-likeness (QED) is 0.752. The summed E-state index contributed by atoms with van der Waals surface area (Å²) >= 11 is 0. The first-order valence-corrected chi connectivity index (χ1v) is 6.62. The second kappa shape index (κ2) is 5.89. The summed E-state index contributed by atoms with van der Waals surface area (Å²) < 4.78 is 5.40. The molecule has 2 rings (SSSR count).